The van der Waals surface area contributed by atoms with E-state index in [0.29, 0.717) is 22.7 Å². The molecule has 0 saturated carbocycles. The minimum atomic E-state index is -0.752. The van der Waals surface area contributed by atoms with Gasteiger partial charge in [-0.2, -0.15) is 0 Å². The third-order valence-corrected chi connectivity index (χ3v) is 5.60. The van der Waals surface area contributed by atoms with Crippen LogP contribution in [0.25, 0.3) is 0 Å². The van der Waals surface area contributed by atoms with E-state index in [-0.39, 0.29) is 36.6 Å². The van der Waals surface area contributed by atoms with Crippen molar-refractivity contribution in [3.8, 4) is 5.75 Å². The number of ether oxygens (including phenoxy) is 1. The smallest absolute Gasteiger partial charge is 0.274 e. The number of benzene rings is 2. The molecule has 3 rings (SSSR count). The normalized spacial score (nSPS) is 15.0. The van der Waals surface area contributed by atoms with Gasteiger partial charge in [-0.25, -0.2) is 0 Å². The first kappa shape index (κ1) is 23.1. The third-order valence-electron chi connectivity index (χ3n) is 5.60. The molecule has 2 aromatic carbocycles. The summed E-state index contributed by atoms with van der Waals surface area (Å²) in [5.74, 6) is -0.0274. The number of amides is 2. The predicted octanol–water partition coefficient (Wildman–Crippen LogP) is 3.41. The summed E-state index contributed by atoms with van der Waals surface area (Å²) >= 11 is 0. The molecule has 0 radical (unpaired) electrons. The number of nitrogens with one attached hydrogen (secondary N) is 2. The van der Waals surface area contributed by atoms with Crippen LogP contribution in [0, 0.1) is 17.0 Å². The highest BCUT2D eigenvalue weighted by Crippen LogP contribution is 2.33. The quantitative estimate of drug-likeness (QED) is 0.480. The summed E-state index contributed by atoms with van der Waals surface area (Å²) in [5, 5.41) is 16.9. The molecule has 1 aliphatic rings. The molecule has 2 N–H and O–H groups in total. The first-order valence-corrected chi connectivity index (χ1v) is 10.7. The van der Waals surface area contributed by atoms with Gasteiger partial charge in [0.1, 0.15) is 5.75 Å². The van der Waals surface area contributed by atoms with E-state index in [2.05, 4.69) is 10.6 Å². The van der Waals surface area contributed by atoms with Crippen LogP contribution in [0.4, 0.5) is 17.1 Å². The van der Waals surface area contributed by atoms with E-state index >= 15 is 0 Å². The Hall–Kier alpha value is -3.62. The Morgan fingerprint density at radius 1 is 1.19 bits per heavy atom. The summed E-state index contributed by atoms with van der Waals surface area (Å²) in [6, 6.07) is 11.9. The second-order valence-corrected chi connectivity index (χ2v) is 7.73. The molecule has 2 aromatic rings. The molecule has 9 heteroatoms. The van der Waals surface area contributed by atoms with Crippen LogP contribution in [-0.2, 0) is 9.59 Å². The van der Waals surface area contributed by atoms with Crippen molar-refractivity contribution in [1.82, 2.24) is 5.32 Å². The van der Waals surface area contributed by atoms with E-state index in [1.54, 1.807) is 24.0 Å². The van der Waals surface area contributed by atoms with E-state index < -0.39 is 11.0 Å². The first-order valence-electron chi connectivity index (χ1n) is 10.7. The fraction of sp³-hybridized carbons (Fsp3) is 0.391. The lowest BCUT2D eigenvalue weighted by Gasteiger charge is -2.35. The van der Waals surface area contributed by atoms with Gasteiger partial charge < -0.3 is 20.3 Å². The lowest BCUT2D eigenvalue weighted by Crippen LogP contribution is -2.52. The zero-order valence-corrected chi connectivity index (χ0v) is 18.5. The minimum absolute atomic E-state index is 0.0305. The molecule has 1 aliphatic heterocycles. The van der Waals surface area contributed by atoms with Gasteiger partial charge in [0, 0.05) is 12.1 Å². The Morgan fingerprint density at radius 3 is 2.59 bits per heavy atom. The van der Waals surface area contributed by atoms with Crippen LogP contribution in [0.5, 0.6) is 5.75 Å². The molecule has 0 aliphatic carbocycles. The van der Waals surface area contributed by atoms with Crippen molar-refractivity contribution in [2.45, 2.75) is 45.8 Å². The predicted molar refractivity (Wildman–Crippen MR) is 122 cm³/mol. The Labute approximate surface area is 186 Å². The zero-order valence-electron chi connectivity index (χ0n) is 18.5. The standard InChI is InChI=1S/C23H28N4O5/c1-4-16(5-2)24-23(29)21-13-26(19-10-6-7-12-20(19)32-21)14-22(28)25-17-9-8-11-18(15(17)3)27(30)31/h6-12,16,21H,4-5,13-14H2,1-3H3,(H,24,29)(H,25,28). The number of nitro benzene ring substituents is 1. The summed E-state index contributed by atoms with van der Waals surface area (Å²) in [6.45, 7) is 5.80. The van der Waals surface area contributed by atoms with Crippen LogP contribution in [0.1, 0.15) is 32.3 Å². The molecule has 2 amide bonds. The number of fused-ring (bicyclic) bond motifs is 1. The molecule has 0 aromatic heterocycles. The molecule has 0 fully saturated rings. The van der Waals surface area contributed by atoms with Crippen LogP contribution in [0.3, 0.4) is 0 Å². The number of carbonyl (C=O) groups is 2. The van der Waals surface area contributed by atoms with Gasteiger partial charge in [-0.1, -0.05) is 32.0 Å². The fourth-order valence-corrected chi connectivity index (χ4v) is 3.70. The SMILES string of the molecule is CCC(CC)NC(=O)C1CN(CC(=O)Nc2cccc([N+](=O)[O-])c2C)c2ccccc2O1. The van der Waals surface area contributed by atoms with Gasteiger partial charge >= 0.3 is 0 Å². The van der Waals surface area contributed by atoms with Crippen molar-refractivity contribution >= 4 is 28.9 Å². The van der Waals surface area contributed by atoms with Crippen LogP contribution < -0.4 is 20.3 Å². The maximum atomic E-state index is 12.8. The van der Waals surface area contributed by atoms with Crippen LogP contribution >= 0.6 is 0 Å². The second kappa shape index (κ2) is 10.1. The highest BCUT2D eigenvalue weighted by atomic mass is 16.6. The highest BCUT2D eigenvalue weighted by molar-refractivity contribution is 5.96. The van der Waals surface area contributed by atoms with Crippen molar-refractivity contribution in [3.05, 3.63) is 58.1 Å². The maximum absolute atomic E-state index is 12.8. The molecule has 9 nitrogen and oxygen atoms in total. The highest BCUT2D eigenvalue weighted by Gasteiger charge is 2.32. The van der Waals surface area contributed by atoms with E-state index in [1.807, 2.05) is 32.0 Å². The summed E-state index contributed by atoms with van der Waals surface area (Å²) < 4.78 is 5.91. The molecule has 1 atom stereocenters. The number of carbonyl (C=O) groups excluding carboxylic acids is 2. The third kappa shape index (κ3) is 5.16. The number of para-hydroxylation sites is 2. The second-order valence-electron chi connectivity index (χ2n) is 7.73. The van der Waals surface area contributed by atoms with E-state index in [4.69, 9.17) is 4.74 Å². The summed E-state index contributed by atoms with van der Waals surface area (Å²) in [7, 11) is 0. The zero-order chi connectivity index (χ0) is 23.3. The molecule has 1 heterocycles. The van der Waals surface area contributed by atoms with Crippen molar-refractivity contribution in [3.63, 3.8) is 0 Å². The van der Waals surface area contributed by atoms with Crippen molar-refractivity contribution in [1.29, 1.82) is 0 Å². The molecule has 1 unspecified atom stereocenters. The monoisotopic (exact) mass is 440 g/mol. The van der Waals surface area contributed by atoms with Crippen LogP contribution in [0.2, 0.25) is 0 Å². The number of rotatable bonds is 8. The number of hydrogen-bond donors (Lipinski definition) is 2. The van der Waals surface area contributed by atoms with Crippen molar-refractivity contribution in [2.75, 3.05) is 23.3 Å². The van der Waals surface area contributed by atoms with Crippen LogP contribution in [0.15, 0.2) is 42.5 Å². The lowest BCUT2D eigenvalue weighted by atomic mass is 10.1. The molecular weight excluding hydrogens is 412 g/mol. The first-order chi connectivity index (χ1) is 15.3. The van der Waals surface area contributed by atoms with E-state index in [9.17, 15) is 19.7 Å². The van der Waals surface area contributed by atoms with E-state index in [0.717, 1.165) is 12.8 Å². The Kier molecular flexibility index (Phi) is 7.29. The van der Waals surface area contributed by atoms with Gasteiger partial charge in [0.2, 0.25) is 5.91 Å². The molecule has 170 valence electrons. The fourth-order valence-electron chi connectivity index (χ4n) is 3.70. The van der Waals surface area contributed by atoms with Crippen molar-refractivity contribution in [2.24, 2.45) is 0 Å². The Morgan fingerprint density at radius 2 is 1.91 bits per heavy atom. The summed E-state index contributed by atoms with van der Waals surface area (Å²) in [6.07, 6.45) is 0.887. The molecule has 32 heavy (non-hydrogen) atoms. The molecule has 0 bridgehead atoms. The van der Waals surface area contributed by atoms with Gasteiger partial charge in [0.25, 0.3) is 11.6 Å². The Bertz CT molecular complexity index is 1010. The average molecular weight is 441 g/mol. The number of anilines is 2. The number of nitro groups is 1. The van der Waals surface area contributed by atoms with Gasteiger partial charge in [-0.3, -0.25) is 19.7 Å². The topological polar surface area (TPSA) is 114 Å². The number of hydrogen-bond acceptors (Lipinski definition) is 6. The van der Waals surface area contributed by atoms with Gasteiger partial charge in [-0.15, -0.1) is 0 Å². The molecular formula is C23H28N4O5. The van der Waals surface area contributed by atoms with Gasteiger partial charge in [0.05, 0.1) is 35.0 Å². The van der Waals surface area contributed by atoms with Gasteiger partial charge in [-0.05, 0) is 38.0 Å². The van der Waals surface area contributed by atoms with Crippen LogP contribution in [-0.4, -0.2) is 42.0 Å². The molecule has 0 spiro atoms. The Balaban J connectivity index is 1.76. The largest absolute Gasteiger partial charge is 0.477 e. The molecule has 0 saturated heterocycles. The summed E-state index contributed by atoms with van der Waals surface area (Å²) in [4.78, 5) is 38.1. The minimum Gasteiger partial charge on any atom is -0.477 e. The summed E-state index contributed by atoms with van der Waals surface area (Å²) in [5.41, 5.74) is 1.42. The van der Waals surface area contributed by atoms with Gasteiger partial charge in [0.15, 0.2) is 6.10 Å². The average Bonchev–Trinajstić information content (AvgIpc) is 2.78. The van der Waals surface area contributed by atoms with E-state index in [1.165, 1.54) is 12.1 Å². The van der Waals surface area contributed by atoms with Crippen molar-refractivity contribution < 1.29 is 19.2 Å². The maximum Gasteiger partial charge on any atom is 0.274 e. The number of nitrogens with zero attached hydrogens (tertiary/aromatic N) is 2. The lowest BCUT2D eigenvalue weighted by molar-refractivity contribution is -0.385.